The Morgan fingerprint density at radius 1 is 1.06 bits per heavy atom. The smallest absolute Gasteiger partial charge is 0.252 e. The van der Waals surface area contributed by atoms with Crippen LogP contribution in [0.3, 0.4) is 0 Å². The molecule has 0 aliphatic carbocycles. The fourth-order valence-corrected chi connectivity index (χ4v) is 6.62. The molecule has 0 spiro atoms. The number of nitrogens with zero attached hydrogens (tertiary/aromatic N) is 1. The van der Waals surface area contributed by atoms with Crippen LogP contribution in [0.1, 0.15) is 24.3 Å². The molecule has 0 saturated heterocycles. The zero-order valence-electron chi connectivity index (χ0n) is 17.4. The van der Waals surface area contributed by atoms with Crippen LogP contribution in [-0.4, -0.2) is 31.7 Å². The van der Waals surface area contributed by atoms with E-state index in [4.69, 9.17) is 4.42 Å². The zero-order chi connectivity index (χ0) is 22.0. The molecule has 4 rings (SSSR count). The van der Waals surface area contributed by atoms with Crippen LogP contribution in [0.4, 0.5) is 0 Å². The molecule has 2 aromatic heterocycles. The van der Waals surface area contributed by atoms with E-state index in [0.717, 1.165) is 32.2 Å². The van der Waals surface area contributed by atoms with Gasteiger partial charge in [0.25, 0.3) is 10.0 Å². The minimum Gasteiger partial charge on any atom is -0.464 e. The van der Waals surface area contributed by atoms with Crippen LogP contribution >= 0.6 is 11.3 Å². The second kappa shape index (κ2) is 8.82. The first-order chi connectivity index (χ1) is 14.9. The Hall–Kier alpha value is -2.68. The highest BCUT2D eigenvalue weighted by Crippen LogP contribution is 2.30. The Bertz CT molecular complexity index is 1330. The lowest BCUT2D eigenvalue weighted by atomic mass is 10.0. The highest BCUT2D eigenvalue weighted by atomic mass is 32.2. The van der Waals surface area contributed by atoms with E-state index >= 15 is 0 Å². The second-order valence-electron chi connectivity index (χ2n) is 7.18. The maximum absolute atomic E-state index is 12.6. The summed E-state index contributed by atoms with van der Waals surface area (Å²) in [6.07, 6.45) is 1.83. The summed E-state index contributed by atoms with van der Waals surface area (Å²) < 4.78 is 32.6. The molecule has 0 fully saturated rings. The topological polar surface area (TPSA) is 79.6 Å². The fraction of sp³-hybridized carbons (Fsp3) is 0.261. The van der Waals surface area contributed by atoms with Crippen molar-refractivity contribution < 1.29 is 17.6 Å². The fourth-order valence-electron chi connectivity index (χ4n) is 3.71. The monoisotopic (exact) mass is 456 g/mol. The molecule has 2 aromatic carbocycles. The predicted molar refractivity (Wildman–Crippen MR) is 124 cm³/mol. The summed E-state index contributed by atoms with van der Waals surface area (Å²) in [6, 6.07) is 15.3. The van der Waals surface area contributed by atoms with Gasteiger partial charge in [-0.1, -0.05) is 44.2 Å². The number of carbonyl (C=O) groups is 1. The highest BCUT2D eigenvalue weighted by Gasteiger charge is 2.23. The first-order valence-corrected chi connectivity index (χ1v) is 12.4. The van der Waals surface area contributed by atoms with E-state index in [1.54, 1.807) is 18.4 Å². The van der Waals surface area contributed by atoms with Gasteiger partial charge in [-0.15, -0.1) is 11.3 Å². The maximum Gasteiger partial charge on any atom is 0.252 e. The van der Waals surface area contributed by atoms with Crippen molar-refractivity contribution in [2.45, 2.75) is 31.0 Å². The van der Waals surface area contributed by atoms with Crippen LogP contribution < -0.4 is 5.32 Å². The van der Waals surface area contributed by atoms with E-state index in [-0.39, 0.29) is 18.9 Å². The van der Waals surface area contributed by atoms with Crippen molar-refractivity contribution in [2.75, 3.05) is 13.1 Å². The number of carbonyl (C=O) groups excluding carboxylic acids is 1. The number of nitrogens with one attached hydrogen (secondary N) is 1. The maximum atomic E-state index is 12.6. The number of rotatable bonds is 8. The summed E-state index contributed by atoms with van der Waals surface area (Å²) in [7, 11) is -3.48. The zero-order valence-corrected chi connectivity index (χ0v) is 19.1. The number of sulfonamides is 1. The first kappa shape index (κ1) is 21.5. The molecule has 0 aliphatic rings. The quantitative estimate of drug-likeness (QED) is 0.422. The molecule has 162 valence electrons. The van der Waals surface area contributed by atoms with Crippen molar-refractivity contribution in [3.8, 4) is 0 Å². The van der Waals surface area contributed by atoms with E-state index in [9.17, 15) is 13.2 Å². The molecule has 31 heavy (non-hydrogen) atoms. The Balaban J connectivity index is 1.46. The average molecular weight is 457 g/mol. The van der Waals surface area contributed by atoms with E-state index in [2.05, 4.69) is 5.32 Å². The van der Waals surface area contributed by atoms with Crippen molar-refractivity contribution in [3.63, 3.8) is 0 Å². The van der Waals surface area contributed by atoms with Crippen molar-refractivity contribution >= 4 is 49.0 Å². The lowest BCUT2D eigenvalue weighted by Gasteiger charge is -2.16. The molecular weight excluding hydrogens is 432 g/mol. The lowest BCUT2D eigenvalue weighted by Crippen LogP contribution is -2.30. The summed E-state index contributed by atoms with van der Waals surface area (Å²) in [4.78, 5) is 13.4. The second-order valence-corrected chi connectivity index (χ2v) is 10.5. The van der Waals surface area contributed by atoms with E-state index in [0.29, 0.717) is 17.3 Å². The van der Waals surface area contributed by atoms with Crippen LogP contribution in [0.2, 0.25) is 0 Å². The van der Waals surface area contributed by atoms with Gasteiger partial charge in [-0.25, -0.2) is 8.42 Å². The molecule has 1 N–H and O–H groups in total. The predicted octanol–water partition coefficient (Wildman–Crippen LogP) is 4.54. The van der Waals surface area contributed by atoms with Crippen molar-refractivity contribution in [2.24, 2.45) is 0 Å². The van der Waals surface area contributed by atoms with Crippen molar-refractivity contribution in [1.29, 1.82) is 0 Å². The molecule has 0 aliphatic heterocycles. The van der Waals surface area contributed by atoms with Gasteiger partial charge >= 0.3 is 0 Å². The molecule has 0 radical (unpaired) electrons. The van der Waals surface area contributed by atoms with Crippen LogP contribution in [0.5, 0.6) is 0 Å². The Labute approximate surface area is 185 Å². The average Bonchev–Trinajstić information content (AvgIpc) is 3.41. The van der Waals surface area contributed by atoms with Crippen LogP contribution in [0.25, 0.3) is 21.7 Å². The van der Waals surface area contributed by atoms with E-state index in [1.165, 1.54) is 15.6 Å². The van der Waals surface area contributed by atoms with Gasteiger partial charge in [-0.05, 0) is 29.0 Å². The number of hydrogen-bond acceptors (Lipinski definition) is 5. The van der Waals surface area contributed by atoms with Crippen LogP contribution in [0.15, 0.2) is 63.4 Å². The summed E-state index contributed by atoms with van der Waals surface area (Å²) >= 11 is 1.19. The summed E-state index contributed by atoms with van der Waals surface area (Å²) in [5.41, 5.74) is 1.59. The molecule has 0 bridgehead atoms. The van der Waals surface area contributed by atoms with Gasteiger partial charge in [0.2, 0.25) is 5.91 Å². The Kier molecular flexibility index (Phi) is 6.13. The van der Waals surface area contributed by atoms with Gasteiger partial charge in [0.15, 0.2) is 0 Å². The molecule has 0 atom stereocenters. The van der Waals surface area contributed by atoms with E-state index < -0.39 is 10.0 Å². The first-order valence-electron chi connectivity index (χ1n) is 10.2. The van der Waals surface area contributed by atoms with Gasteiger partial charge in [-0.2, -0.15) is 4.31 Å². The number of hydrogen-bond donors (Lipinski definition) is 1. The molecule has 0 saturated carbocycles. The van der Waals surface area contributed by atoms with Crippen LogP contribution in [-0.2, 0) is 27.8 Å². The molecule has 0 unspecified atom stereocenters. The third kappa shape index (κ3) is 4.23. The van der Waals surface area contributed by atoms with Gasteiger partial charge in [-0.3, -0.25) is 4.79 Å². The Morgan fingerprint density at radius 2 is 1.84 bits per heavy atom. The highest BCUT2D eigenvalue weighted by molar-refractivity contribution is 7.91. The van der Waals surface area contributed by atoms with Crippen molar-refractivity contribution in [1.82, 2.24) is 9.62 Å². The lowest BCUT2D eigenvalue weighted by molar-refractivity contribution is -0.120. The minimum atomic E-state index is -3.48. The number of amides is 1. The SMILES string of the molecule is CCN(CC)S(=O)(=O)c1ccc(CNC(=O)Cc2coc3ccc4ccccc4c23)s1. The normalized spacial score (nSPS) is 12.1. The summed E-state index contributed by atoms with van der Waals surface area (Å²) in [5, 5.41) is 6.00. The third-order valence-corrected chi connectivity index (χ3v) is 8.89. The molecule has 6 nitrogen and oxygen atoms in total. The third-order valence-electron chi connectivity index (χ3n) is 5.29. The molecular formula is C23H24N2O4S2. The van der Waals surface area contributed by atoms with Crippen molar-refractivity contribution in [3.05, 3.63) is 65.2 Å². The molecule has 4 aromatic rings. The molecule has 2 heterocycles. The van der Waals surface area contributed by atoms with Gasteiger partial charge < -0.3 is 9.73 Å². The van der Waals surface area contributed by atoms with Gasteiger partial charge in [0, 0.05) is 28.9 Å². The number of thiophene rings is 1. The number of fused-ring (bicyclic) bond motifs is 3. The van der Waals surface area contributed by atoms with Gasteiger partial charge in [0.1, 0.15) is 9.79 Å². The van der Waals surface area contributed by atoms with E-state index in [1.807, 2.05) is 50.2 Å². The Morgan fingerprint density at radius 3 is 2.61 bits per heavy atom. The summed E-state index contributed by atoms with van der Waals surface area (Å²) in [5.74, 6) is -0.141. The molecule has 8 heteroatoms. The standard InChI is InChI=1S/C23H24N2O4S2/c1-3-25(4-2)31(27,28)22-12-10-18(30-22)14-24-21(26)13-17-15-29-20-11-9-16-7-5-6-8-19(16)23(17)20/h5-12,15H,3-4,13-14H2,1-2H3,(H,24,26). The van der Waals surface area contributed by atoms with Crippen LogP contribution in [0, 0.1) is 0 Å². The number of benzene rings is 2. The number of furan rings is 1. The minimum absolute atomic E-state index is 0.141. The van der Waals surface area contributed by atoms with Gasteiger partial charge in [0.05, 0.1) is 19.2 Å². The summed E-state index contributed by atoms with van der Waals surface area (Å²) in [6.45, 7) is 4.78. The largest absolute Gasteiger partial charge is 0.464 e. The molecule has 1 amide bonds.